The predicted molar refractivity (Wildman–Crippen MR) is 95.0 cm³/mol. The number of hydrogen-bond acceptors (Lipinski definition) is 4. The van der Waals surface area contributed by atoms with E-state index in [1.807, 2.05) is 18.2 Å². The highest BCUT2D eigenvalue weighted by Crippen LogP contribution is 2.26. The Kier molecular flexibility index (Phi) is 9.13. The fourth-order valence-corrected chi connectivity index (χ4v) is 2.35. The molecule has 0 spiro atoms. The normalized spacial score (nSPS) is 10.9. The molecule has 1 aromatic rings. The first kappa shape index (κ1) is 20.2. The molecular formula is C20H30O4. The standard InChI is InChI=1S/C20H30O4/c1-15(2)9-8-14-23-19(21)12-7-13-20(22)24-18-11-6-5-10-17(18)16(3)4/h5-6,10-11,15-16H,7-9,12-14H2,1-4H3. The van der Waals surface area contributed by atoms with Gasteiger partial charge in [-0.2, -0.15) is 0 Å². The monoisotopic (exact) mass is 334 g/mol. The number of para-hydroxylation sites is 1. The Balaban J connectivity index is 2.26. The van der Waals surface area contributed by atoms with Crippen LogP contribution in [0.5, 0.6) is 5.75 Å². The van der Waals surface area contributed by atoms with Gasteiger partial charge in [0.15, 0.2) is 0 Å². The molecule has 0 N–H and O–H groups in total. The fourth-order valence-electron chi connectivity index (χ4n) is 2.35. The smallest absolute Gasteiger partial charge is 0.311 e. The summed E-state index contributed by atoms with van der Waals surface area (Å²) in [5.74, 6) is 0.959. The van der Waals surface area contributed by atoms with Crippen molar-refractivity contribution < 1.29 is 19.1 Å². The van der Waals surface area contributed by atoms with Crippen molar-refractivity contribution >= 4 is 11.9 Å². The average molecular weight is 334 g/mol. The average Bonchev–Trinajstić information content (AvgIpc) is 2.51. The van der Waals surface area contributed by atoms with Gasteiger partial charge in [-0.05, 0) is 42.7 Å². The highest BCUT2D eigenvalue weighted by atomic mass is 16.5. The van der Waals surface area contributed by atoms with Gasteiger partial charge in [-0.25, -0.2) is 0 Å². The maximum absolute atomic E-state index is 11.9. The molecule has 0 fully saturated rings. The van der Waals surface area contributed by atoms with Crippen LogP contribution < -0.4 is 4.74 Å². The summed E-state index contributed by atoms with van der Waals surface area (Å²) in [5, 5.41) is 0. The Morgan fingerprint density at radius 3 is 2.29 bits per heavy atom. The molecule has 0 heterocycles. The van der Waals surface area contributed by atoms with Crippen molar-refractivity contribution in [2.75, 3.05) is 6.61 Å². The topological polar surface area (TPSA) is 52.6 Å². The van der Waals surface area contributed by atoms with E-state index in [9.17, 15) is 9.59 Å². The maximum Gasteiger partial charge on any atom is 0.311 e. The summed E-state index contributed by atoms with van der Waals surface area (Å²) >= 11 is 0. The van der Waals surface area contributed by atoms with E-state index >= 15 is 0 Å². The molecule has 1 rings (SSSR count). The van der Waals surface area contributed by atoms with Crippen molar-refractivity contribution in [2.24, 2.45) is 5.92 Å². The second-order valence-corrected chi connectivity index (χ2v) is 6.78. The zero-order chi connectivity index (χ0) is 17.9. The van der Waals surface area contributed by atoms with Gasteiger partial charge in [0.2, 0.25) is 0 Å². The van der Waals surface area contributed by atoms with Crippen LogP contribution in [-0.2, 0) is 14.3 Å². The third-order valence-corrected chi connectivity index (χ3v) is 3.72. The third kappa shape index (κ3) is 8.14. The van der Waals surface area contributed by atoms with E-state index in [-0.39, 0.29) is 30.7 Å². The molecule has 0 amide bonds. The quantitative estimate of drug-likeness (QED) is 0.348. The summed E-state index contributed by atoms with van der Waals surface area (Å²) < 4.78 is 10.6. The van der Waals surface area contributed by atoms with E-state index in [1.54, 1.807) is 6.07 Å². The van der Waals surface area contributed by atoms with E-state index in [1.165, 1.54) is 0 Å². The Labute approximate surface area is 145 Å². The van der Waals surface area contributed by atoms with Crippen LogP contribution in [0.15, 0.2) is 24.3 Å². The molecule has 1 aromatic carbocycles. The maximum atomic E-state index is 11.9. The fraction of sp³-hybridized carbons (Fsp3) is 0.600. The van der Waals surface area contributed by atoms with Gasteiger partial charge >= 0.3 is 11.9 Å². The summed E-state index contributed by atoms with van der Waals surface area (Å²) in [6.07, 6.45) is 2.86. The van der Waals surface area contributed by atoms with Crippen LogP contribution in [0.4, 0.5) is 0 Å². The van der Waals surface area contributed by atoms with Gasteiger partial charge in [0, 0.05) is 12.8 Å². The molecule has 0 unspecified atom stereocenters. The SMILES string of the molecule is CC(C)CCCOC(=O)CCCC(=O)Oc1ccccc1C(C)C. The van der Waals surface area contributed by atoms with E-state index in [0.717, 1.165) is 18.4 Å². The zero-order valence-electron chi connectivity index (χ0n) is 15.3. The Hall–Kier alpha value is -1.84. The van der Waals surface area contributed by atoms with Crippen LogP contribution in [0.1, 0.15) is 71.3 Å². The van der Waals surface area contributed by atoms with E-state index < -0.39 is 0 Å². The van der Waals surface area contributed by atoms with Gasteiger partial charge in [0.05, 0.1) is 6.61 Å². The first-order valence-electron chi connectivity index (χ1n) is 8.85. The van der Waals surface area contributed by atoms with Gasteiger partial charge in [0.1, 0.15) is 5.75 Å². The highest BCUT2D eigenvalue weighted by molar-refractivity contribution is 5.74. The zero-order valence-corrected chi connectivity index (χ0v) is 15.3. The molecule has 24 heavy (non-hydrogen) atoms. The molecule has 0 aliphatic heterocycles. The minimum Gasteiger partial charge on any atom is -0.466 e. The molecule has 134 valence electrons. The van der Waals surface area contributed by atoms with Crippen molar-refractivity contribution in [1.29, 1.82) is 0 Å². The number of ether oxygens (including phenoxy) is 2. The van der Waals surface area contributed by atoms with E-state index in [0.29, 0.717) is 24.7 Å². The van der Waals surface area contributed by atoms with Crippen molar-refractivity contribution in [1.82, 2.24) is 0 Å². The van der Waals surface area contributed by atoms with Gasteiger partial charge in [-0.15, -0.1) is 0 Å². The molecule has 0 aromatic heterocycles. The van der Waals surface area contributed by atoms with Gasteiger partial charge in [-0.1, -0.05) is 45.9 Å². The number of carbonyl (C=O) groups excluding carboxylic acids is 2. The lowest BCUT2D eigenvalue weighted by Crippen LogP contribution is -2.11. The summed E-state index contributed by atoms with van der Waals surface area (Å²) in [6.45, 7) is 8.86. The lowest BCUT2D eigenvalue weighted by Gasteiger charge is -2.12. The summed E-state index contributed by atoms with van der Waals surface area (Å²) in [7, 11) is 0. The number of carbonyl (C=O) groups is 2. The molecule has 0 saturated carbocycles. The Bertz CT molecular complexity index is 520. The molecule has 0 radical (unpaired) electrons. The minimum atomic E-state index is -0.310. The van der Waals surface area contributed by atoms with Crippen molar-refractivity contribution in [2.45, 2.75) is 65.7 Å². The second kappa shape index (κ2) is 10.8. The van der Waals surface area contributed by atoms with Crippen LogP contribution >= 0.6 is 0 Å². The minimum absolute atomic E-state index is 0.216. The van der Waals surface area contributed by atoms with Crippen molar-refractivity contribution in [3.63, 3.8) is 0 Å². The molecule has 4 nitrogen and oxygen atoms in total. The number of benzene rings is 1. The summed E-state index contributed by atoms with van der Waals surface area (Å²) in [4.78, 5) is 23.5. The summed E-state index contributed by atoms with van der Waals surface area (Å²) in [6, 6.07) is 7.54. The van der Waals surface area contributed by atoms with Gasteiger partial charge in [-0.3, -0.25) is 9.59 Å². The molecule has 0 aliphatic rings. The van der Waals surface area contributed by atoms with Crippen molar-refractivity contribution in [3.8, 4) is 5.75 Å². The van der Waals surface area contributed by atoms with Crippen LogP contribution in [0.3, 0.4) is 0 Å². The molecule has 0 atom stereocenters. The van der Waals surface area contributed by atoms with Crippen LogP contribution in [0.2, 0.25) is 0 Å². The lowest BCUT2D eigenvalue weighted by molar-refractivity contribution is -0.144. The Morgan fingerprint density at radius 1 is 0.958 bits per heavy atom. The third-order valence-electron chi connectivity index (χ3n) is 3.72. The van der Waals surface area contributed by atoms with Gasteiger partial charge in [0.25, 0.3) is 0 Å². The second-order valence-electron chi connectivity index (χ2n) is 6.78. The predicted octanol–water partition coefficient (Wildman–Crippen LogP) is 4.87. The number of esters is 2. The van der Waals surface area contributed by atoms with E-state index in [4.69, 9.17) is 9.47 Å². The molecule has 0 saturated heterocycles. The molecule has 0 aliphatic carbocycles. The molecule has 4 heteroatoms. The van der Waals surface area contributed by atoms with Gasteiger partial charge < -0.3 is 9.47 Å². The Morgan fingerprint density at radius 2 is 1.62 bits per heavy atom. The lowest BCUT2D eigenvalue weighted by atomic mass is 10.0. The number of hydrogen-bond donors (Lipinski definition) is 0. The van der Waals surface area contributed by atoms with Crippen LogP contribution in [-0.4, -0.2) is 18.5 Å². The summed E-state index contributed by atoms with van der Waals surface area (Å²) in [5.41, 5.74) is 1.01. The molecule has 0 bridgehead atoms. The van der Waals surface area contributed by atoms with Crippen LogP contribution in [0, 0.1) is 5.92 Å². The van der Waals surface area contributed by atoms with Crippen molar-refractivity contribution in [3.05, 3.63) is 29.8 Å². The molecular weight excluding hydrogens is 304 g/mol. The first-order valence-corrected chi connectivity index (χ1v) is 8.85. The largest absolute Gasteiger partial charge is 0.466 e. The first-order chi connectivity index (χ1) is 11.4. The van der Waals surface area contributed by atoms with E-state index in [2.05, 4.69) is 27.7 Å². The highest BCUT2D eigenvalue weighted by Gasteiger charge is 2.12. The van der Waals surface area contributed by atoms with Crippen LogP contribution in [0.25, 0.3) is 0 Å². The number of rotatable bonds is 10.